The highest BCUT2D eigenvalue weighted by atomic mass is 16.5. The molecule has 0 heterocycles. The second-order valence-corrected chi connectivity index (χ2v) is 6.41. The average Bonchev–Trinajstić information content (AvgIpc) is 2.72. The van der Waals surface area contributed by atoms with Gasteiger partial charge in [0.1, 0.15) is 11.3 Å². The van der Waals surface area contributed by atoms with Crippen molar-refractivity contribution in [3.63, 3.8) is 0 Å². The second-order valence-electron chi connectivity index (χ2n) is 6.41. The molecule has 2 rings (SSSR count). The zero-order chi connectivity index (χ0) is 21.2. The van der Waals surface area contributed by atoms with E-state index in [1.54, 1.807) is 19.1 Å². The van der Waals surface area contributed by atoms with E-state index in [0.717, 1.165) is 16.8 Å². The Kier molecular flexibility index (Phi) is 7.98. The monoisotopic (exact) mass is 391 g/mol. The first-order valence-electron chi connectivity index (χ1n) is 9.25. The normalized spacial score (nSPS) is 12.1. The van der Waals surface area contributed by atoms with Gasteiger partial charge in [-0.2, -0.15) is 0 Å². The molecule has 0 saturated heterocycles. The van der Waals surface area contributed by atoms with Gasteiger partial charge in [0.2, 0.25) is 0 Å². The Morgan fingerprint density at radius 3 is 2.10 bits per heavy atom. The molecule has 0 aliphatic rings. The first-order chi connectivity index (χ1) is 13.9. The van der Waals surface area contributed by atoms with Crippen molar-refractivity contribution in [2.45, 2.75) is 6.92 Å². The second kappa shape index (κ2) is 10.7. The van der Waals surface area contributed by atoms with Crippen LogP contribution in [0, 0.1) is 0 Å². The third-order valence-electron chi connectivity index (χ3n) is 4.05. The van der Waals surface area contributed by atoms with Crippen molar-refractivity contribution in [1.29, 1.82) is 0 Å². The Balaban J connectivity index is 2.27. The molecule has 0 amide bonds. The third-order valence-corrected chi connectivity index (χ3v) is 4.05. The highest BCUT2D eigenvalue weighted by Gasteiger charge is 2.21. The minimum Gasteiger partial charge on any atom is -0.507 e. The fourth-order valence-corrected chi connectivity index (χ4v) is 2.50. The number of carbonyl (C=O) groups is 2. The van der Waals surface area contributed by atoms with E-state index < -0.39 is 23.1 Å². The summed E-state index contributed by atoms with van der Waals surface area (Å²) in [6, 6.07) is 16.8. The first kappa shape index (κ1) is 21.7. The molecule has 0 bridgehead atoms. The molecule has 0 radical (unpaired) electrons. The van der Waals surface area contributed by atoms with Gasteiger partial charge in [0, 0.05) is 19.8 Å². The Labute approximate surface area is 171 Å². The molecule has 2 aromatic carbocycles. The summed E-state index contributed by atoms with van der Waals surface area (Å²) in [6.07, 6.45) is 5.78. The van der Waals surface area contributed by atoms with E-state index in [2.05, 4.69) is 0 Å². The molecule has 0 saturated carbocycles. The Morgan fingerprint density at radius 1 is 0.931 bits per heavy atom. The van der Waals surface area contributed by atoms with Crippen LogP contribution in [0.25, 0.3) is 12.2 Å². The number of allylic oxidation sites excluding steroid dienone is 2. The standard InChI is InChI=1S/C24H25NO4/c1-4-29-24(28)23(21(26)16-12-18-8-6-5-7-9-18)22(27)17-13-19-10-14-20(15-11-19)25(2)3/h5-17,26H,4H2,1-3H3/b16-12+,17-13+,23-21+. The number of ether oxygens (including phenoxy) is 1. The quantitative estimate of drug-likeness (QED) is 0.180. The Hall–Kier alpha value is -3.60. The summed E-state index contributed by atoms with van der Waals surface area (Å²) in [5, 5.41) is 10.4. The molecule has 5 nitrogen and oxygen atoms in total. The summed E-state index contributed by atoms with van der Waals surface area (Å²) >= 11 is 0. The molecular formula is C24H25NO4. The van der Waals surface area contributed by atoms with Gasteiger partial charge in [0.25, 0.3) is 0 Å². The fourth-order valence-electron chi connectivity index (χ4n) is 2.50. The van der Waals surface area contributed by atoms with E-state index in [1.807, 2.05) is 73.6 Å². The third kappa shape index (κ3) is 6.50. The van der Waals surface area contributed by atoms with Crippen LogP contribution in [0.4, 0.5) is 5.69 Å². The molecule has 1 N–H and O–H groups in total. The summed E-state index contributed by atoms with van der Waals surface area (Å²) < 4.78 is 4.94. The van der Waals surface area contributed by atoms with Crippen molar-refractivity contribution in [2.75, 3.05) is 25.6 Å². The fraction of sp³-hybridized carbons (Fsp3) is 0.167. The van der Waals surface area contributed by atoms with Crippen molar-refractivity contribution in [2.24, 2.45) is 0 Å². The van der Waals surface area contributed by atoms with Crippen LogP contribution in [0.5, 0.6) is 0 Å². The summed E-state index contributed by atoms with van der Waals surface area (Å²) in [4.78, 5) is 26.8. The lowest BCUT2D eigenvalue weighted by molar-refractivity contribution is -0.139. The Morgan fingerprint density at radius 2 is 1.52 bits per heavy atom. The molecule has 0 atom stereocenters. The molecule has 0 fully saturated rings. The maximum absolute atomic E-state index is 12.6. The maximum atomic E-state index is 12.6. The summed E-state index contributed by atoms with van der Waals surface area (Å²) in [7, 11) is 3.88. The number of hydrogen-bond donors (Lipinski definition) is 1. The minimum atomic E-state index is -0.861. The predicted molar refractivity (Wildman–Crippen MR) is 117 cm³/mol. The van der Waals surface area contributed by atoms with Crippen molar-refractivity contribution < 1.29 is 19.4 Å². The number of carbonyl (C=O) groups excluding carboxylic acids is 2. The molecule has 5 heteroatoms. The van der Waals surface area contributed by atoms with E-state index in [4.69, 9.17) is 4.74 Å². The van der Waals surface area contributed by atoms with Crippen LogP contribution in [0.15, 0.2) is 78.1 Å². The van der Waals surface area contributed by atoms with Crippen LogP contribution in [0.1, 0.15) is 18.1 Å². The van der Waals surface area contributed by atoms with Crippen LogP contribution in [-0.4, -0.2) is 37.6 Å². The molecule has 0 aromatic heterocycles. The smallest absolute Gasteiger partial charge is 0.345 e. The SMILES string of the molecule is CCOC(=O)/C(C(=O)/C=C/c1ccc(N(C)C)cc1)=C(O)\C=C\c1ccccc1. The summed E-state index contributed by atoms with van der Waals surface area (Å²) in [5.74, 6) is -1.93. The topological polar surface area (TPSA) is 66.8 Å². The molecule has 0 aliphatic carbocycles. The number of benzene rings is 2. The molecule has 0 spiro atoms. The molecule has 2 aromatic rings. The number of nitrogens with zero attached hydrogens (tertiary/aromatic N) is 1. The lowest BCUT2D eigenvalue weighted by atomic mass is 10.1. The number of hydrogen-bond acceptors (Lipinski definition) is 5. The van der Waals surface area contributed by atoms with Crippen molar-refractivity contribution in [3.05, 3.63) is 89.2 Å². The number of rotatable bonds is 8. The highest BCUT2D eigenvalue weighted by Crippen LogP contribution is 2.15. The number of ketones is 1. The van der Waals surface area contributed by atoms with Gasteiger partial charge in [-0.3, -0.25) is 4.79 Å². The van der Waals surface area contributed by atoms with Gasteiger partial charge < -0.3 is 14.7 Å². The first-order valence-corrected chi connectivity index (χ1v) is 9.25. The van der Waals surface area contributed by atoms with E-state index in [9.17, 15) is 14.7 Å². The van der Waals surface area contributed by atoms with Crippen molar-refractivity contribution in [1.82, 2.24) is 0 Å². The van der Waals surface area contributed by atoms with Crippen LogP contribution < -0.4 is 4.90 Å². The zero-order valence-electron chi connectivity index (χ0n) is 16.8. The van der Waals surface area contributed by atoms with E-state index in [-0.39, 0.29) is 6.61 Å². The van der Waals surface area contributed by atoms with Crippen LogP contribution in [0.2, 0.25) is 0 Å². The van der Waals surface area contributed by atoms with Crippen LogP contribution >= 0.6 is 0 Å². The molecular weight excluding hydrogens is 366 g/mol. The summed E-state index contributed by atoms with van der Waals surface area (Å²) in [5.41, 5.74) is 2.25. The Bertz CT molecular complexity index is 923. The van der Waals surface area contributed by atoms with Crippen LogP contribution in [0.3, 0.4) is 0 Å². The largest absolute Gasteiger partial charge is 0.507 e. The zero-order valence-corrected chi connectivity index (χ0v) is 16.8. The van der Waals surface area contributed by atoms with Crippen molar-refractivity contribution >= 4 is 29.6 Å². The molecule has 0 aliphatic heterocycles. The number of aliphatic hydroxyl groups excluding tert-OH is 1. The van der Waals surface area contributed by atoms with Gasteiger partial charge >= 0.3 is 5.97 Å². The number of esters is 1. The lowest BCUT2D eigenvalue weighted by Crippen LogP contribution is -2.16. The minimum absolute atomic E-state index is 0.0982. The highest BCUT2D eigenvalue weighted by molar-refractivity contribution is 6.23. The number of anilines is 1. The maximum Gasteiger partial charge on any atom is 0.345 e. The van der Waals surface area contributed by atoms with E-state index in [1.165, 1.54) is 12.2 Å². The average molecular weight is 391 g/mol. The number of aliphatic hydroxyl groups is 1. The van der Waals surface area contributed by atoms with Gasteiger partial charge in [-0.1, -0.05) is 54.6 Å². The van der Waals surface area contributed by atoms with Gasteiger partial charge in [0.05, 0.1) is 6.61 Å². The molecule has 29 heavy (non-hydrogen) atoms. The van der Waals surface area contributed by atoms with Crippen molar-refractivity contribution in [3.8, 4) is 0 Å². The van der Waals surface area contributed by atoms with E-state index >= 15 is 0 Å². The van der Waals surface area contributed by atoms with Gasteiger partial charge in [-0.15, -0.1) is 0 Å². The molecule has 150 valence electrons. The predicted octanol–water partition coefficient (Wildman–Crippen LogP) is 4.42. The van der Waals surface area contributed by atoms with Gasteiger partial charge in [-0.25, -0.2) is 4.79 Å². The lowest BCUT2D eigenvalue weighted by Gasteiger charge is -2.11. The molecule has 0 unspecified atom stereocenters. The van der Waals surface area contributed by atoms with Crippen LogP contribution in [-0.2, 0) is 14.3 Å². The summed E-state index contributed by atoms with van der Waals surface area (Å²) in [6.45, 7) is 1.74. The van der Waals surface area contributed by atoms with Gasteiger partial charge in [-0.05, 0) is 42.3 Å². The van der Waals surface area contributed by atoms with Gasteiger partial charge in [0.15, 0.2) is 5.78 Å². The van der Waals surface area contributed by atoms with E-state index in [0.29, 0.717) is 0 Å².